The van der Waals surface area contributed by atoms with Crippen LogP contribution < -0.4 is 0 Å². The summed E-state index contributed by atoms with van der Waals surface area (Å²) in [6.07, 6.45) is 8.03. The van der Waals surface area contributed by atoms with Gasteiger partial charge < -0.3 is 0 Å². The number of fused-ring (bicyclic) bond motifs is 2. The average Bonchev–Trinajstić information content (AvgIpc) is 3.27. The zero-order valence-corrected chi connectivity index (χ0v) is 16.9. The molecule has 1 heterocycles. The first kappa shape index (κ1) is 17.5. The van der Waals surface area contributed by atoms with Crippen LogP contribution >= 0.6 is 11.8 Å². The van der Waals surface area contributed by atoms with Crippen molar-refractivity contribution in [3.05, 3.63) is 95.1 Å². The van der Waals surface area contributed by atoms with Gasteiger partial charge >= 0.3 is 0 Å². The van der Waals surface area contributed by atoms with E-state index in [-0.39, 0.29) is 5.41 Å². The van der Waals surface area contributed by atoms with Gasteiger partial charge in [-0.2, -0.15) is 0 Å². The van der Waals surface area contributed by atoms with E-state index in [1.807, 2.05) is 11.8 Å². The molecule has 1 aliphatic heterocycles. The van der Waals surface area contributed by atoms with Gasteiger partial charge in [0.15, 0.2) is 0 Å². The fraction of sp³-hybridized carbons (Fsp3) is 0.192. The SMILES string of the molecule is CC1=Cc2ccccc2CC1(C=Cc1ccc2ccccc2c1)C1=NCCS1. The van der Waals surface area contributed by atoms with Gasteiger partial charge in [0, 0.05) is 12.3 Å². The molecular formula is C26H23NS. The highest BCUT2D eigenvalue weighted by Crippen LogP contribution is 2.45. The maximum absolute atomic E-state index is 4.90. The molecule has 5 rings (SSSR count). The van der Waals surface area contributed by atoms with Gasteiger partial charge in [-0.25, -0.2) is 0 Å². The van der Waals surface area contributed by atoms with Crippen LogP contribution in [0.1, 0.15) is 23.6 Å². The quantitative estimate of drug-likeness (QED) is 0.495. The number of aliphatic imine (C=N–C) groups is 1. The number of allylic oxidation sites excluding steroid dienone is 2. The molecule has 1 aliphatic carbocycles. The van der Waals surface area contributed by atoms with Crippen LogP contribution in [0.2, 0.25) is 0 Å². The molecule has 138 valence electrons. The third-order valence-corrected chi connectivity index (χ3v) is 7.05. The molecule has 0 aromatic heterocycles. The van der Waals surface area contributed by atoms with E-state index in [0.717, 1.165) is 18.7 Å². The molecule has 0 N–H and O–H groups in total. The monoisotopic (exact) mass is 381 g/mol. The number of hydrogen-bond acceptors (Lipinski definition) is 2. The Morgan fingerprint density at radius 2 is 1.79 bits per heavy atom. The fourth-order valence-electron chi connectivity index (χ4n) is 4.30. The number of hydrogen-bond donors (Lipinski definition) is 0. The Kier molecular flexibility index (Phi) is 4.44. The van der Waals surface area contributed by atoms with E-state index in [2.05, 4.69) is 91.9 Å². The van der Waals surface area contributed by atoms with E-state index in [1.165, 1.54) is 38.1 Å². The Morgan fingerprint density at radius 3 is 2.64 bits per heavy atom. The van der Waals surface area contributed by atoms with Crippen LogP contribution in [-0.4, -0.2) is 17.3 Å². The lowest BCUT2D eigenvalue weighted by atomic mass is 9.71. The van der Waals surface area contributed by atoms with Crippen LogP contribution in [0.15, 0.2) is 83.4 Å². The summed E-state index contributed by atoms with van der Waals surface area (Å²) in [7, 11) is 0. The number of rotatable bonds is 3. The summed E-state index contributed by atoms with van der Waals surface area (Å²) >= 11 is 1.92. The van der Waals surface area contributed by atoms with Crippen LogP contribution in [0.3, 0.4) is 0 Å². The lowest BCUT2D eigenvalue weighted by molar-refractivity contribution is 0.632. The van der Waals surface area contributed by atoms with Gasteiger partial charge in [0.1, 0.15) is 0 Å². The fourth-order valence-corrected chi connectivity index (χ4v) is 5.42. The Hall–Kier alpha value is -2.58. The third-order valence-electron chi connectivity index (χ3n) is 5.90. The Labute approximate surface area is 170 Å². The van der Waals surface area contributed by atoms with Gasteiger partial charge in [0.2, 0.25) is 0 Å². The lowest BCUT2D eigenvalue weighted by Crippen LogP contribution is -2.32. The zero-order valence-electron chi connectivity index (χ0n) is 16.1. The van der Waals surface area contributed by atoms with E-state index >= 15 is 0 Å². The van der Waals surface area contributed by atoms with E-state index in [0.29, 0.717) is 0 Å². The molecule has 2 aliphatic rings. The average molecular weight is 382 g/mol. The number of benzene rings is 3. The molecule has 0 amide bonds. The second-order valence-corrected chi connectivity index (χ2v) is 8.73. The first-order valence-corrected chi connectivity index (χ1v) is 10.9. The first-order chi connectivity index (χ1) is 13.7. The predicted octanol–water partition coefficient (Wildman–Crippen LogP) is 6.64. The van der Waals surface area contributed by atoms with Crippen molar-refractivity contribution >= 4 is 39.7 Å². The Balaban J connectivity index is 1.59. The van der Waals surface area contributed by atoms with Crippen LogP contribution in [0, 0.1) is 5.41 Å². The highest BCUT2D eigenvalue weighted by atomic mass is 32.2. The summed E-state index contributed by atoms with van der Waals surface area (Å²) < 4.78 is 0. The molecule has 0 fully saturated rings. The van der Waals surface area contributed by atoms with Gasteiger partial charge in [-0.05, 0) is 46.9 Å². The molecular weight excluding hydrogens is 358 g/mol. The highest BCUT2D eigenvalue weighted by molar-refractivity contribution is 8.14. The highest BCUT2D eigenvalue weighted by Gasteiger charge is 2.39. The smallest absolute Gasteiger partial charge is 0.0821 e. The molecule has 3 aromatic carbocycles. The summed E-state index contributed by atoms with van der Waals surface area (Å²) in [5, 5.41) is 3.84. The molecule has 1 atom stereocenters. The maximum atomic E-state index is 4.90. The summed E-state index contributed by atoms with van der Waals surface area (Å²) in [5.74, 6) is 1.09. The van der Waals surface area contributed by atoms with Crippen molar-refractivity contribution in [1.82, 2.24) is 0 Å². The van der Waals surface area contributed by atoms with Gasteiger partial charge in [-0.3, -0.25) is 4.99 Å². The largest absolute Gasteiger partial charge is 0.281 e. The summed E-state index contributed by atoms with van der Waals surface area (Å²) in [5.41, 5.74) is 5.26. The standard InChI is InChI=1S/C26H23NS/c1-19-16-22-7-4-5-9-24(22)18-26(19,25-27-14-15-28-25)13-12-20-10-11-21-6-2-3-8-23(21)17-20/h2-13,16-17H,14-15,18H2,1H3. The predicted molar refractivity (Wildman–Crippen MR) is 124 cm³/mol. The Bertz CT molecular complexity index is 1140. The summed E-state index contributed by atoms with van der Waals surface area (Å²) in [6, 6.07) is 24.0. The number of nitrogens with zero attached hydrogens (tertiary/aromatic N) is 1. The van der Waals surface area contributed by atoms with Crippen molar-refractivity contribution < 1.29 is 0 Å². The molecule has 1 nitrogen and oxygen atoms in total. The van der Waals surface area contributed by atoms with Gasteiger partial charge in [0.05, 0.1) is 10.5 Å². The van der Waals surface area contributed by atoms with Crippen LogP contribution in [0.25, 0.3) is 22.9 Å². The van der Waals surface area contributed by atoms with Crippen molar-refractivity contribution in [1.29, 1.82) is 0 Å². The minimum absolute atomic E-state index is 0.124. The molecule has 0 radical (unpaired) electrons. The topological polar surface area (TPSA) is 12.4 Å². The van der Waals surface area contributed by atoms with Crippen molar-refractivity contribution in [3.63, 3.8) is 0 Å². The first-order valence-electron chi connectivity index (χ1n) is 9.87. The normalized spacial score (nSPS) is 21.6. The summed E-state index contributed by atoms with van der Waals surface area (Å²) in [6.45, 7) is 3.20. The minimum atomic E-state index is -0.124. The van der Waals surface area contributed by atoms with E-state index in [9.17, 15) is 0 Å². The maximum Gasteiger partial charge on any atom is 0.0821 e. The zero-order chi connectivity index (χ0) is 19.0. The van der Waals surface area contributed by atoms with E-state index in [4.69, 9.17) is 4.99 Å². The van der Waals surface area contributed by atoms with Gasteiger partial charge in [-0.15, -0.1) is 11.8 Å². The van der Waals surface area contributed by atoms with Crippen molar-refractivity contribution in [2.24, 2.45) is 10.4 Å². The molecule has 0 saturated carbocycles. The Morgan fingerprint density at radius 1 is 0.964 bits per heavy atom. The molecule has 0 saturated heterocycles. The molecule has 0 spiro atoms. The van der Waals surface area contributed by atoms with Crippen LogP contribution in [-0.2, 0) is 6.42 Å². The second-order valence-electron chi connectivity index (χ2n) is 7.65. The van der Waals surface area contributed by atoms with Crippen molar-refractivity contribution in [2.45, 2.75) is 13.3 Å². The molecule has 3 aromatic rings. The van der Waals surface area contributed by atoms with Crippen molar-refractivity contribution in [3.8, 4) is 0 Å². The summed E-state index contributed by atoms with van der Waals surface area (Å²) in [4.78, 5) is 4.90. The van der Waals surface area contributed by atoms with Gasteiger partial charge in [-0.1, -0.05) is 84.5 Å². The van der Waals surface area contributed by atoms with Gasteiger partial charge in [0.25, 0.3) is 0 Å². The van der Waals surface area contributed by atoms with E-state index in [1.54, 1.807) is 0 Å². The van der Waals surface area contributed by atoms with E-state index < -0.39 is 0 Å². The van der Waals surface area contributed by atoms with Crippen LogP contribution in [0.5, 0.6) is 0 Å². The second kappa shape index (κ2) is 7.10. The molecule has 1 unspecified atom stereocenters. The van der Waals surface area contributed by atoms with Crippen LogP contribution in [0.4, 0.5) is 0 Å². The molecule has 2 heteroatoms. The molecule has 28 heavy (non-hydrogen) atoms. The lowest BCUT2D eigenvalue weighted by Gasteiger charge is -2.36. The van der Waals surface area contributed by atoms with Crippen molar-refractivity contribution in [2.75, 3.05) is 12.3 Å². The number of thioether (sulfide) groups is 1. The molecule has 0 bridgehead atoms. The third kappa shape index (κ3) is 3.02. The minimum Gasteiger partial charge on any atom is -0.281 e.